The van der Waals surface area contributed by atoms with Crippen LogP contribution in [0.3, 0.4) is 0 Å². The smallest absolute Gasteiger partial charge is 0.253 e. The van der Waals surface area contributed by atoms with Gasteiger partial charge in [-0.3, -0.25) is 9.59 Å². The van der Waals surface area contributed by atoms with Gasteiger partial charge in [0, 0.05) is 17.6 Å². The van der Waals surface area contributed by atoms with Crippen LogP contribution in [0.1, 0.15) is 29.6 Å². The Balaban J connectivity index is 1.91. The Labute approximate surface area is 131 Å². The summed E-state index contributed by atoms with van der Waals surface area (Å²) in [6.45, 7) is 1.58. The first-order valence-electron chi connectivity index (χ1n) is 6.59. The van der Waals surface area contributed by atoms with Crippen LogP contribution in [0.25, 0.3) is 0 Å². The van der Waals surface area contributed by atoms with Gasteiger partial charge in [-0.1, -0.05) is 27.5 Å². The average Bonchev–Trinajstić information content (AvgIpc) is 2.47. The summed E-state index contributed by atoms with van der Waals surface area (Å²) in [5, 5.41) is 3.00. The van der Waals surface area contributed by atoms with Crippen LogP contribution < -0.4 is 5.32 Å². The Morgan fingerprint density at radius 3 is 2.65 bits per heavy atom. The maximum absolute atomic E-state index is 12.0. The highest BCUT2D eigenvalue weighted by Crippen LogP contribution is 2.20. The summed E-state index contributed by atoms with van der Waals surface area (Å²) in [5.41, 5.74) is 0.368. The largest absolute Gasteiger partial charge is 0.343 e. The molecule has 1 saturated heterocycles. The van der Waals surface area contributed by atoms with E-state index in [-0.39, 0.29) is 18.4 Å². The van der Waals surface area contributed by atoms with Crippen molar-refractivity contribution in [3.63, 3.8) is 0 Å². The van der Waals surface area contributed by atoms with Gasteiger partial charge in [0.2, 0.25) is 5.91 Å². The second kappa shape index (κ2) is 7.09. The molecule has 0 unspecified atom stereocenters. The highest BCUT2D eigenvalue weighted by atomic mass is 79.9. The van der Waals surface area contributed by atoms with Gasteiger partial charge < -0.3 is 10.2 Å². The summed E-state index contributed by atoms with van der Waals surface area (Å²) in [5.74, 6) is -0.370. The van der Waals surface area contributed by atoms with Gasteiger partial charge >= 0.3 is 0 Å². The van der Waals surface area contributed by atoms with Crippen LogP contribution in [0.4, 0.5) is 0 Å². The Hall–Kier alpha value is -1.07. The van der Waals surface area contributed by atoms with Gasteiger partial charge in [-0.05, 0) is 37.5 Å². The molecule has 108 valence electrons. The summed E-state index contributed by atoms with van der Waals surface area (Å²) < 4.78 is 0.773. The number of carbonyl (C=O) groups is 2. The number of rotatable bonds is 3. The van der Waals surface area contributed by atoms with Crippen LogP contribution in [-0.2, 0) is 4.79 Å². The third kappa shape index (κ3) is 3.96. The molecule has 1 aliphatic heterocycles. The van der Waals surface area contributed by atoms with Crippen molar-refractivity contribution < 1.29 is 9.59 Å². The molecule has 1 fully saturated rings. The first-order valence-corrected chi connectivity index (χ1v) is 7.76. The minimum absolute atomic E-state index is 0.0156. The standard InChI is InChI=1S/C14H16BrClN2O2/c15-10-4-5-12(16)11(8-10)14(20)17-9-13(19)18-6-2-1-3-7-18/h4-5,8H,1-3,6-7,9H2,(H,17,20). The lowest BCUT2D eigenvalue weighted by atomic mass is 10.1. The zero-order chi connectivity index (χ0) is 14.5. The highest BCUT2D eigenvalue weighted by Gasteiger charge is 2.18. The van der Waals surface area contributed by atoms with Gasteiger partial charge in [0.25, 0.3) is 5.91 Å². The normalized spacial score (nSPS) is 15.0. The number of halogens is 2. The summed E-state index contributed by atoms with van der Waals surface area (Å²) in [6, 6.07) is 5.05. The first kappa shape index (κ1) is 15.3. The molecule has 0 bridgehead atoms. The SMILES string of the molecule is O=C(NCC(=O)N1CCCCC1)c1cc(Br)ccc1Cl. The predicted octanol–water partition coefficient (Wildman–Crippen LogP) is 2.84. The molecule has 2 rings (SSSR count). The quantitative estimate of drug-likeness (QED) is 0.902. The van der Waals surface area contributed by atoms with E-state index in [0.717, 1.165) is 30.4 Å². The molecule has 2 amide bonds. The number of amides is 2. The zero-order valence-corrected chi connectivity index (χ0v) is 13.3. The van der Waals surface area contributed by atoms with Crippen molar-refractivity contribution in [2.75, 3.05) is 19.6 Å². The Kier molecular flexibility index (Phi) is 5.43. The van der Waals surface area contributed by atoms with E-state index in [0.29, 0.717) is 10.6 Å². The number of nitrogens with zero attached hydrogens (tertiary/aromatic N) is 1. The summed E-state index contributed by atoms with van der Waals surface area (Å²) in [6.07, 6.45) is 3.25. The number of nitrogens with one attached hydrogen (secondary N) is 1. The monoisotopic (exact) mass is 358 g/mol. The van der Waals surface area contributed by atoms with Crippen molar-refractivity contribution in [3.8, 4) is 0 Å². The van der Waals surface area contributed by atoms with E-state index in [2.05, 4.69) is 21.2 Å². The van der Waals surface area contributed by atoms with Crippen molar-refractivity contribution in [1.29, 1.82) is 0 Å². The minimum Gasteiger partial charge on any atom is -0.343 e. The molecule has 4 nitrogen and oxygen atoms in total. The lowest BCUT2D eigenvalue weighted by Gasteiger charge is -2.26. The molecular formula is C14H16BrClN2O2. The fraction of sp³-hybridized carbons (Fsp3) is 0.429. The first-order chi connectivity index (χ1) is 9.58. The maximum Gasteiger partial charge on any atom is 0.253 e. The molecule has 0 radical (unpaired) electrons. The van der Waals surface area contributed by atoms with Crippen molar-refractivity contribution in [1.82, 2.24) is 10.2 Å². The average molecular weight is 360 g/mol. The molecular weight excluding hydrogens is 344 g/mol. The van der Waals surface area contributed by atoms with E-state index in [1.807, 2.05) is 0 Å². The third-order valence-corrected chi connectivity index (χ3v) is 4.10. The van der Waals surface area contributed by atoms with E-state index in [9.17, 15) is 9.59 Å². The van der Waals surface area contributed by atoms with E-state index < -0.39 is 0 Å². The number of likely N-dealkylation sites (tertiary alicyclic amines) is 1. The molecule has 0 aliphatic carbocycles. The lowest BCUT2D eigenvalue weighted by Crippen LogP contribution is -2.42. The van der Waals surface area contributed by atoms with Gasteiger partial charge in [-0.25, -0.2) is 0 Å². The molecule has 1 aromatic carbocycles. The van der Waals surface area contributed by atoms with Gasteiger partial charge in [-0.2, -0.15) is 0 Å². The third-order valence-electron chi connectivity index (χ3n) is 3.28. The minimum atomic E-state index is -0.332. The number of hydrogen-bond acceptors (Lipinski definition) is 2. The summed E-state index contributed by atoms with van der Waals surface area (Å²) in [7, 11) is 0. The second-order valence-electron chi connectivity index (χ2n) is 4.75. The van der Waals surface area contributed by atoms with Gasteiger partial charge in [0.05, 0.1) is 17.1 Å². The van der Waals surface area contributed by atoms with Crippen LogP contribution in [0, 0.1) is 0 Å². The van der Waals surface area contributed by atoms with Crippen LogP contribution >= 0.6 is 27.5 Å². The van der Waals surface area contributed by atoms with E-state index in [4.69, 9.17) is 11.6 Å². The van der Waals surface area contributed by atoms with Crippen molar-refractivity contribution in [2.24, 2.45) is 0 Å². The fourth-order valence-electron chi connectivity index (χ4n) is 2.18. The molecule has 1 aliphatic rings. The van der Waals surface area contributed by atoms with Crippen LogP contribution in [0.2, 0.25) is 5.02 Å². The predicted molar refractivity (Wildman–Crippen MR) is 81.9 cm³/mol. The summed E-state index contributed by atoms with van der Waals surface area (Å²) >= 11 is 9.27. The molecule has 1 aromatic rings. The fourth-order valence-corrected chi connectivity index (χ4v) is 2.74. The number of benzene rings is 1. The van der Waals surface area contributed by atoms with Crippen molar-refractivity contribution in [3.05, 3.63) is 33.3 Å². The van der Waals surface area contributed by atoms with Gasteiger partial charge in [0.1, 0.15) is 0 Å². The lowest BCUT2D eigenvalue weighted by molar-refractivity contribution is -0.130. The summed E-state index contributed by atoms with van der Waals surface area (Å²) in [4.78, 5) is 25.8. The van der Waals surface area contributed by atoms with Crippen LogP contribution in [-0.4, -0.2) is 36.3 Å². The molecule has 0 spiro atoms. The maximum atomic E-state index is 12.0. The number of piperidine rings is 1. The van der Waals surface area contributed by atoms with Crippen LogP contribution in [0.15, 0.2) is 22.7 Å². The molecule has 6 heteroatoms. The second-order valence-corrected chi connectivity index (χ2v) is 6.07. The van der Waals surface area contributed by atoms with Crippen molar-refractivity contribution in [2.45, 2.75) is 19.3 Å². The molecule has 0 saturated carbocycles. The van der Waals surface area contributed by atoms with E-state index >= 15 is 0 Å². The van der Waals surface area contributed by atoms with Crippen LogP contribution in [0.5, 0.6) is 0 Å². The van der Waals surface area contributed by atoms with Crippen molar-refractivity contribution >= 4 is 39.3 Å². The van der Waals surface area contributed by atoms with E-state index in [1.54, 1.807) is 23.1 Å². The molecule has 0 aromatic heterocycles. The molecule has 1 N–H and O–H groups in total. The number of carbonyl (C=O) groups excluding carboxylic acids is 2. The Morgan fingerprint density at radius 1 is 1.25 bits per heavy atom. The van der Waals surface area contributed by atoms with Gasteiger partial charge in [-0.15, -0.1) is 0 Å². The Bertz CT molecular complexity index is 516. The highest BCUT2D eigenvalue weighted by molar-refractivity contribution is 9.10. The van der Waals surface area contributed by atoms with Gasteiger partial charge in [0.15, 0.2) is 0 Å². The topological polar surface area (TPSA) is 49.4 Å². The Morgan fingerprint density at radius 2 is 1.95 bits per heavy atom. The molecule has 20 heavy (non-hydrogen) atoms. The molecule has 0 atom stereocenters. The molecule has 1 heterocycles. The number of hydrogen-bond donors (Lipinski definition) is 1. The van der Waals surface area contributed by atoms with E-state index in [1.165, 1.54) is 6.42 Å². The zero-order valence-electron chi connectivity index (χ0n) is 11.0.